The van der Waals surface area contributed by atoms with Crippen LogP contribution in [-0.4, -0.2) is 20.7 Å². The molecule has 0 aromatic heterocycles. The third-order valence-corrected chi connectivity index (χ3v) is 4.84. The number of hydrogen-bond donors (Lipinski definition) is 0. The molecule has 0 aromatic rings. The van der Waals surface area contributed by atoms with Gasteiger partial charge < -0.3 is 4.74 Å². The Morgan fingerprint density at radius 2 is 2.06 bits per heavy atom. The van der Waals surface area contributed by atoms with Gasteiger partial charge in [0, 0.05) is 13.6 Å². The van der Waals surface area contributed by atoms with Crippen LogP contribution in [0.1, 0.15) is 39.5 Å². The van der Waals surface area contributed by atoms with Crippen molar-refractivity contribution in [1.29, 1.82) is 0 Å². The van der Waals surface area contributed by atoms with Gasteiger partial charge in [-0.3, -0.25) is 0 Å². The van der Waals surface area contributed by atoms with Crippen molar-refractivity contribution in [2.75, 3.05) is 6.61 Å². The molecule has 0 aliphatic heterocycles. The van der Waals surface area contributed by atoms with Gasteiger partial charge in [-0.25, -0.2) is 4.79 Å². The maximum Gasteiger partial charge on any atom is 0.333 e. The molecule has 0 radical (unpaired) electrons. The molecule has 0 spiro atoms. The second-order valence-electron chi connectivity index (χ2n) is 6.74. The molecule has 104 valence electrons. The molecule has 0 aromatic carbocycles. The van der Waals surface area contributed by atoms with Crippen LogP contribution >= 0.6 is 0 Å². The fourth-order valence-electron chi connectivity index (χ4n) is 2.65. The van der Waals surface area contributed by atoms with E-state index in [9.17, 15) is 4.79 Å². The molecule has 2 nitrogen and oxygen atoms in total. The van der Waals surface area contributed by atoms with Crippen LogP contribution in [0.3, 0.4) is 0 Å². The molecule has 1 atom stereocenters. The molecular weight excluding hydrogens is 240 g/mol. The first-order valence-corrected chi connectivity index (χ1v) is 10.9. The van der Waals surface area contributed by atoms with Crippen molar-refractivity contribution in [3.8, 4) is 0 Å². The van der Waals surface area contributed by atoms with Gasteiger partial charge in [-0.05, 0) is 38.1 Å². The van der Waals surface area contributed by atoms with Crippen LogP contribution in [0.15, 0.2) is 11.1 Å². The molecule has 18 heavy (non-hydrogen) atoms. The van der Waals surface area contributed by atoms with Gasteiger partial charge in [0.05, 0.1) is 6.61 Å². The second-order valence-corrected chi connectivity index (χ2v) is 12.2. The van der Waals surface area contributed by atoms with E-state index in [1.807, 2.05) is 6.92 Å². The van der Waals surface area contributed by atoms with Crippen molar-refractivity contribution < 1.29 is 9.53 Å². The van der Waals surface area contributed by atoms with E-state index in [0.29, 0.717) is 6.61 Å². The first-order valence-electron chi connectivity index (χ1n) is 7.21. The lowest BCUT2D eigenvalue weighted by atomic mass is 9.84. The number of allylic oxidation sites excluding steroid dienone is 1. The van der Waals surface area contributed by atoms with Crippen LogP contribution in [0.5, 0.6) is 0 Å². The number of carbonyl (C=O) groups excluding carboxylic acids is 1. The molecule has 0 unspecified atom stereocenters. The van der Waals surface area contributed by atoms with Gasteiger partial charge in [0.2, 0.25) is 0 Å². The Morgan fingerprint density at radius 1 is 1.39 bits per heavy atom. The Labute approximate surface area is 113 Å². The van der Waals surface area contributed by atoms with Crippen LogP contribution in [0.25, 0.3) is 0 Å². The molecule has 1 aliphatic carbocycles. The minimum Gasteiger partial charge on any atom is -0.463 e. The monoisotopic (exact) mass is 268 g/mol. The molecule has 1 saturated carbocycles. The first-order chi connectivity index (χ1) is 8.33. The SMILES string of the molecule is CCOC(=O)/C(C[Si](C)(C)C)=C1/CCC[C@@H](C)C1. The van der Waals surface area contributed by atoms with E-state index in [2.05, 4.69) is 26.6 Å². The summed E-state index contributed by atoms with van der Waals surface area (Å²) in [6, 6.07) is 0.966. The highest BCUT2D eigenvalue weighted by Gasteiger charge is 2.26. The number of carbonyl (C=O) groups is 1. The van der Waals surface area contributed by atoms with Crippen molar-refractivity contribution in [1.82, 2.24) is 0 Å². The first kappa shape index (κ1) is 15.5. The highest BCUT2D eigenvalue weighted by Crippen LogP contribution is 2.33. The van der Waals surface area contributed by atoms with E-state index < -0.39 is 8.07 Å². The summed E-state index contributed by atoms with van der Waals surface area (Å²) in [4.78, 5) is 12.2. The van der Waals surface area contributed by atoms with E-state index in [4.69, 9.17) is 4.74 Å². The van der Waals surface area contributed by atoms with Crippen LogP contribution in [0, 0.1) is 5.92 Å². The van der Waals surface area contributed by atoms with Crippen molar-refractivity contribution >= 4 is 14.0 Å². The van der Waals surface area contributed by atoms with Crippen LogP contribution in [0.2, 0.25) is 25.7 Å². The van der Waals surface area contributed by atoms with Crippen LogP contribution in [-0.2, 0) is 9.53 Å². The Morgan fingerprint density at radius 3 is 2.56 bits per heavy atom. The van der Waals surface area contributed by atoms with Gasteiger partial charge >= 0.3 is 5.97 Å². The molecule has 0 saturated heterocycles. The van der Waals surface area contributed by atoms with Crippen molar-refractivity contribution in [3.63, 3.8) is 0 Å². The number of ether oxygens (including phenoxy) is 1. The zero-order valence-electron chi connectivity index (χ0n) is 12.6. The van der Waals surface area contributed by atoms with Crippen LogP contribution < -0.4 is 0 Å². The number of rotatable bonds is 4. The molecule has 3 heteroatoms. The third kappa shape index (κ3) is 4.97. The summed E-state index contributed by atoms with van der Waals surface area (Å²) in [7, 11) is -1.28. The van der Waals surface area contributed by atoms with E-state index in [0.717, 1.165) is 30.4 Å². The predicted octanol–water partition coefficient (Wildman–Crippen LogP) is 4.39. The van der Waals surface area contributed by atoms with Gasteiger partial charge in [0.1, 0.15) is 0 Å². The topological polar surface area (TPSA) is 26.3 Å². The second kappa shape index (κ2) is 6.55. The Hall–Kier alpha value is -0.573. The molecular formula is C15H28O2Si. The highest BCUT2D eigenvalue weighted by molar-refractivity contribution is 6.77. The van der Waals surface area contributed by atoms with Gasteiger partial charge in [0.15, 0.2) is 0 Å². The van der Waals surface area contributed by atoms with E-state index in [1.165, 1.54) is 18.4 Å². The maximum atomic E-state index is 12.2. The predicted molar refractivity (Wildman–Crippen MR) is 79.4 cm³/mol. The lowest BCUT2D eigenvalue weighted by Crippen LogP contribution is -2.25. The summed E-state index contributed by atoms with van der Waals surface area (Å²) in [6.45, 7) is 11.6. The Balaban J connectivity index is 2.94. The van der Waals surface area contributed by atoms with Gasteiger partial charge in [0.25, 0.3) is 0 Å². The summed E-state index contributed by atoms with van der Waals surface area (Å²) < 4.78 is 5.26. The van der Waals surface area contributed by atoms with Gasteiger partial charge in [-0.2, -0.15) is 0 Å². The van der Waals surface area contributed by atoms with Gasteiger partial charge in [-0.1, -0.05) is 38.6 Å². The molecule has 0 N–H and O–H groups in total. The average Bonchev–Trinajstić information content (AvgIpc) is 2.25. The Bertz CT molecular complexity index is 326. The highest BCUT2D eigenvalue weighted by atomic mass is 28.3. The van der Waals surface area contributed by atoms with Crippen molar-refractivity contribution in [2.45, 2.75) is 65.2 Å². The van der Waals surface area contributed by atoms with Gasteiger partial charge in [-0.15, -0.1) is 0 Å². The quantitative estimate of drug-likeness (QED) is 0.429. The van der Waals surface area contributed by atoms with Crippen molar-refractivity contribution in [2.24, 2.45) is 5.92 Å². The molecule has 1 aliphatic rings. The zero-order valence-corrected chi connectivity index (χ0v) is 13.6. The van der Waals surface area contributed by atoms with E-state index in [1.54, 1.807) is 0 Å². The maximum absolute atomic E-state index is 12.2. The summed E-state index contributed by atoms with van der Waals surface area (Å²) in [6.07, 6.45) is 4.72. The largest absolute Gasteiger partial charge is 0.463 e. The fourth-order valence-corrected chi connectivity index (χ4v) is 4.11. The summed E-state index contributed by atoms with van der Waals surface area (Å²) in [5.41, 5.74) is 2.40. The van der Waals surface area contributed by atoms with Crippen molar-refractivity contribution in [3.05, 3.63) is 11.1 Å². The van der Waals surface area contributed by atoms with E-state index >= 15 is 0 Å². The third-order valence-electron chi connectivity index (χ3n) is 3.43. The minimum absolute atomic E-state index is 0.0518. The summed E-state index contributed by atoms with van der Waals surface area (Å²) in [5, 5.41) is 0. The molecule has 1 fully saturated rings. The summed E-state index contributed by atoms with van der Waals surface area (Å²) in [5.74, 6) is 0.670. The fraction of sp³-hybridized carbons (Fsp3) is 0.800. The Kier molecular flexibility index (Phi) is 5.64. The lowest BCUT2D eigenvalue weighted by Gasteiger charge is -2.26. The lowest BCUT2D eigenvalue weighted by molar-refractivity contribution is -0.138. The summed E-state index contributed by atoms with van der Waals surface area (Å²) >= 11 is 0. The minimum atomic E-state index is -1.28. The smallest absolute Gasteiger partial charge is 0.333 e. The molecule has 0 amide bonds. The molecule has 0 heterocycles. The molecule has 0 bridgehead atoms. The normalized spacial score (nSPS) is 23.7. The standard InChI is InChI=1S/C15H28O2Si/c1-6-17-15(16)14(11-18(3,4)5)13-9-7-8-12(2)10-13/h12H,6-11H2,1-5H3/b14-13-/t12-/m1/s1. The van der Waals surface area contributed by atoms with Crippen LogP contribution in [0.4, 0.5) is 0 Å². The average molecular weight is 268 g/mol. The number of esters is 1. The number of hydrogen-bond acceptors (Lipinski definition) is 2. The zero-order chi connectivity index (χ0) is 13.8. The van der Waals surface area contributed by atoms with E-state index in [-0.39, 0.29) is 5.97 Å². The molecule has 1 rings (SSSR count).